The molecule has 0 saturated carbocycles. The van der Waals surface area contributed by atoms with Crippen LogP contribution in [-0.2, 0) is 0 Å². The minimum Gasteiger partial charge on any atom is -0.386 e. The van der Waals surface area contributed by atoms with Crippen LogP contribution in [-0.4, -0.2) is 20.1 Å². The van der Waals surface area contributed by atoms with Gasteiger partial charge in [0.15, 0.2) is 0 Å². The predicted molar refractivity (Wildman–Crippen MR) is 73.5 cm³/mol. The Labute approximate surface area is 111 Å². The standard InChI is InChI=1S/C12H15Cl2N3/c1-17(7-8-2-12(15)16-6-8)11-4-9(13)3-10(14)5-11/h2-5,8,16H,6-7,15H2,1H3/t8-/m0/s1. The molecule has 0 saturated heterocycles. The largest absolute Gasteiger partial charge is 0.386 e. The first-order chi connectivity index (χ1) is 8.04. The van der Waals surface area contributed by atoms with Gasteiger partial charge in [0.2, 0.25) is 0 Å². The third-order valence-corrected chi connectivity index (χ3v) is 3.22. The summed E-state index contributed by atoms with van der Waals surface area (Å²) in [4.78, 5) is 2.12. The van der Waals surface area contributed by atoms with Crippen molar-refractivity contribution in [3.63, 3.8) is 0 Å². The minimum absolute atomic E-state index is 0.415. The molecule has 1 aromatic rings. The topological polar surface area (TPSA) is 41.3 Å². The van der Waals surface area contributed by atoms with Crippen molar-refractivity contribution in [2.24, 2.45) is 11.7 Å². The SMILES string of the molecule is CN(C[C@H]1C=C(N)NC1)c1cc(Cl)cc(Cl)c1. The Morgan fingerprint density at radius 3 is 2.53 bits per heavy atom. The van der Waals surface area contributed by atoms with Gasteiger partial charge < -0.3 is 16.0 Å². The molecule has 0 aliphatic carbocycles. The molecule has 0 amide bonds. The van der Waals surface area contributed by atoms with Crippen LogP contribution in [0.5, 0.6) is 0 Å². The molecule has 5 heteroatoms. The van der Waals surface area contributed by atoms with Crippen LogP contribution in [0.25, 0.3) is 0 Å². The molecular weight excluding hydrogens is 257 g/mol. The Morgan fingerprint density at radius 2 is 2.00 bits per heavy atom. The molecule has 1 heterocycles. The van der Waals surface area contributed by atoms with E-state index in [9.17, 15) is 0 Å². The van der Waals surface area contributed by atoms with Crippen molar-refractivity contribution >= 4 is 28.9 Å². The van der Waals surface area contributed by atoms with Crippen LogP contribution >= 0.6 is 23.2 Å². The van der Waals surface area contributed by atoms with E-state index in [4.69, 9.17) is 28.9 Å². The number of anilines is 1. The van der Waals surface area contributed by atoms with Crippen LogP contribution < -0.4 is 16.0 Å². The van der Waals surface area contributed by atoms with E-state index in [1.807, 2.05) is 25.3 Å². The van der Waals surface area contributed by atoms with E-state index in [0.717, 1.165) is 24.6 Å². The second kappa shape index (κ2) is 5.07. The van der Waals surface area contributed by atoms with Crippen molar-refractivity contribution in [2.45, 2.75) is 0 Å². The summed E-state index contributed by atoms with van der Waals surface area (Å²) in [5, 5.41) is 4.41. The lowest BCUT2D eigenvalue weighted by Gasteiger charge is -2.22. The van der Waals surface area contributed by atoms with E-state index in [1.165, 1.54) is 0 Å². The fourth-order valence-electron chi connectivity index (χ4n) is 1.95. The lowest BCUT2D eigenvalue weighted by Crippen LogP contribution is -2.27. The van der Waals surface area contributed by atoms with Crippen molar-refractivity contribution in [1.29, 1.82) is 0 Å². The van der Waals surface area contributed by atoms with Gasteiger partial charge >= 0.3 is 0 Å². The molecule has 3 nitrogen and oxygen atoms in total. The molecular formula is C12H15Cl2N3. The summed E-state index contributed by atoms with van der Waals surface area (Å²) in [7, 11) is 2.02. The first-order valence-electron chi connectivity index (χ1n) is 5.43. The zero-order valence-electron chi connectivity index (χ0n) is 9.58. The van der Waals surface area contributed by atoms with Gasteiger partial charge in [-0.05, 0) is 24.3 Å². The third kappa shape index (κ3) is 3.20. The van der Waals surface area contributed by atoms with E-state index in [2.05, 4.69) is 10.2 Å². The van der Waals surface area contributed by atoms with Crippen LogP contribution in [0.15, 0.2) is 30.1 Å². The Kier molecular flexibility index (Phi) is 3.69. The molecule has 1 atom stereocenters. The fourth-order valence-corrected chi connectivity index (χ4v) is 2.47. The van der Waals surface area contributed by atoms with E-state index in [0.29, 0.717) is 16.0 Å². The summed E-state index contributed by atoms with van der Waals surface area (Å²) in [6.45, 7) is 1.76. The molecule has 1 aromatic carbocycles. The molecule has 1 aliphatic rings. The number of hydrogen-bond donors (Lipinski definition) is 2. The summed E-state index contributed by atoms with van der Waals surface area (Å²) < 4.78 is 0. The third-order valence-electron chi connectivity index (χ3n) is 2.78. The van der Waals surface area contributed by atoms with E-state index >= 15 is 0 Å². The van der Waals surface area contributed by atoms with Gasteiger partial charge in [0.25, 0.3) is 0 Å². The maximum absolute atomic E-state index is 5.98. The van der Waals surface area contributed by atoms with Crippen molar-refractivity contribution in [1.82, 2.24) is 5.32 Å². The van der Waals surface area contributed by atoms with E-state index in [1.54, 1.807) is 6.07 Å². The number of rotatable bonds is 3. The van der Waals surface area contributed by atoms with Crippen molar-refractivity contribution < 1.29 is 0 Å². The van der Waals surface area contributed by atoms with Gasteiger partial charge in [-0.1, -0.05) is 23.2 Å². The summed E-state index contributed by atoms with van der Waals surface area (Å²) in [6.07, 6.45) is 2.04. The predicted octanol–water partition coefficient (Wildman–Crippen LogP) is 2.45. The first kappa shape index (κ1) is 12.4. The molecule has 0 bridgehead atoms. The normalized spacial score (nSPS) is 18.8. The molecule has 0 aromatic heterocycles. The molecule has 92 valence electrons. The Balaban J connectivity index is 2.06. The summed E-state index contributed by atoms with van der Waals surface area (Å²) in [5.41, 5.74) is 6.69. The highest BCUT2D eigenvalue weighted by Crippen LogP contribution is 2.25. The van der Waals surface area contributed by atoms with Crippen molar-refractivity contribution in [2.75, 3.05) is 25.0 Å². The Bertz CT molecular complexity index is 425. The zero-order valence-corrected chi connectivity index (χ0v) is 11.1. The lowest BCUT2D eigenvalue weighted by molar-refractivity contribution is 0.641. The van der Waals surface area contributed by atoms with Gasteiger partial charge in [-0.25, -0.2) is 0 Å². The van der Waals surface area contributed by atoms with Crippen LogP contribution in [0.4, 0.5) is 5.69 Å². The fraction of sp³-hybridized carbons (Fsp3) is 0.333. The van der Waals surface area contributed by atoms with Gasteiger partial charge in [-0.15, -0.1) is 0 Å². The second-order valence-electron chi connectivity index (χ2n) is 4.27. The average Bonchev–Trinajstić information content (AvgIpc) is 2.62. The lowest BCUT2D eigenvalue weighted by atomic mass is 10.1. The highest BCUT2D eigenvalue weighted by molar-refractivity contribution is 6.35. The van der Waals surface area contributed by atoms with Gasteiger partial charge in [0, 0.05) is 41.8 Å². The number of nitrogens with two attached hydrogens (primary N) is 1. The molecule has 2 rings (SSSR count). The minimum atomic E-state index is 0.415. The van der Waals surface area contributed by atoms with Gasteiger partial charge in [0.1, 0.15) is 0 Å². The maximum atomic E-state index is 5.98. The molecule has 0 radical (unpaired) electrons. The van der Waals surface area contributed by atoms with Gasteiger partial charge in [0.05, 0.1) is 5.82 Å². The molecule has 17 heavy (non-hydrogen) atoms. The van der Waals surface area contributed by atoms with Crippen molar-refractivity contribution in [3.05, 3.63) is 40.1 Å². The van der Waals surface area contributed by atoms with Crippen LogP contribution in [0, 0.1) is 5.92 Å². The smallest absolute Gasteiger partial charge is 0.0923 e. The number of benzene rings is 1. The van der Waals surface area contributed by atoms with Crippen LogP contribution in [0.1, 0.15) is 0 Å². The second-order valence-corrected chi connectivity index (χ2v) is 5.14. The Morgan fingerprint density at radius 1 is 1.35 bits per heavy atom. The highest BCUT2D eigenvalue weighted by Gasteiger charge is 2.15. The average molecular weight is 272 g/mol. The number of nitrogens with one attached hydrogen (secondary N) is 1. The van der Waals surface area contributed by atoms with Crippen LogP contribution in [0.2, 0.25) is 10.0 Å². The van der Waals surface area contributed by atoms with E-state index in [-0.39, 0.29) is 0 Å². The maximum Gasteiger partial charge on any atom is 0.0923 e. The number of nitrogens with zero attached hydrogens (tertiary/aromatic N) is 1. The van der Waals surface area contributed by atoms with Crippen LogP contribution in [0.3, 0.4) is 0 Å². The quantitative estimate of drug-likeness (QED) is 0.888. The summed E-state index contributed by atoms with van der Waals surface area (Å²) >= 11 is 12.0. The number of hydrogen-bond acceptors (Lipinski definition) is 3. The monoisotopic (exact) mass is 271 g/mol. The molecule has 1 aliphatic heterocycles. The van der Waals surface area contributed by atoms with E-state index < -0.39 is 0 Å². The molecule has 3 N–H and O–H groups in total. The highest BCUT2D eigenvalue weighted by atomic mass is 35.5. The van der Waals surface area contributed by atoms with Gasteiger partial charge in [-0.2, -0.15) is 0 Å². The number of halogens is 2. The Hall–Kier alpha value is -1.06. The van der Waals surface area contributed by atoms with Crippen molar-refractivity contribution in [3.8, 4) is 0 Å². The summed E-state index contributed by atoms with van der Waals surface area (Å²) in [6, 6.07) is 5.54. The molecule has 0 fully saturated rings. The first-order valence-corrected chi connectivity index (χ1v) is 6.18. The summed E-state index contributed by atoms with van der Waals surface area (Å²) in [5.74, 6) is 1.17. The zero-order chi connectivity index (χ0) is 12.4. The molecule has 0 spiro atoms. The molecule has 0 unspecified atom stereocenters. The van der Waals surface area contributed by atoms with Gasteiger partial charge in [-0.3, -0.25) is 0 Å².